The summed E-state index contributed by atoms with van der Waals surface area (Å²) in [6.07, 6.45) is 4.94. The van der Waals surface area contributed by atoms with Crippen molar-refractivity contribution in [2.24, 2.45) is 0 Å². The first-order valence-corrected chi connectivity index (χ1v) is 5.09. The molecular weight excluding hydrogens is 202 g/mol. The van der Waals surface area contributed by atoms with Crippen LogP contribution in [-0.2, 0) is 11.2 Å². The highest BCUT2D eigenvalue weighted by Gasteiger charge is 2.27. The van der Waals surface area contributed by atoms with E-state index in [-0.39, 0.29) is 11.3 Å². The molecule has 0 aromatic carbocycles. The predicted octanol–water partition coefficient (Wildman–Crippen LogP) is 0.792. The lowest BCUT2D eigenvalue weighted by Gasteiger charge is -2.14. The van der Waals surface area contributed by atoms with Crippen LogP contribution < -0.4 is 0 Å². The Bertz CT molecular complexity index is 312. The number of carbonyl (C=O) groups excluding carboxylic acids is 1. The van der Waals surface area contributed by atoms with Crippen LogP contribution in [0.5, 0.6) is 0 Å². The van der Waals surface area contributed by atoms with Gasteiger partial charge in [0.15, 0.2) is 0 Å². The smallest absolute Gasteiger partial charge is 0.224 e. The van der Waals surface area contributed by atoms with Gasteiger partial charge in [0, 0.05) is 25.7 Å². The Balaban J connectivity index is 1.84. The Labute approximate surface area is 87.2 Å². The van der Waals surface area contributed by atoms with E-state index in [1.165, 1.54) is 0 Å². The van der Waals surface area contributed by atoms with Crippen LogP contribution in [0.3, 0.4) is 0 Å². The van der Waals surface area contributed by atoms with Crippen LogP contribution in [0.2, 0.25) is 0 Å². The van der Waals surface area contributed by atoms with E-state index in [1.807, 2.05) is 11.1 Å². The summed E-state index contributed by atoms with van der Waals surface area (Å²) in [5, 5.41) is 6.58. The molecule has 5 heteroatoms. The third kappa shape index (κ3) is 2.07. The first-order valence-electron chi connectivity index (χ1n) is 4.65. The first kappa shape index (κ1) is 9.52. The molecule has 2 rings (SSSR count). The monoisotopic (exact) mass is 213 g/mol. The van der Waals surface area contributed by atoms with E-state index in [2.05, 4.69) is 10.2 Å². The fourth-order valence-electron chi connectivity index (χ4n) is 1.62. The largest absolute Gasteiger partial charge is 0.341 e. The normalized spacial score (nSPS) is 21.9. The van der Waals surface area contributed by atoms with Crippen LogP contribution in [0.4, 0.5) is 0 Å². The van der Waals surface area contributed by atoms with Crippen molar-refractivity contribution in [1.29, 1.82) is 0 Å². The summed E-state index contributed by atoms with van der Waals surface area (Å²) in [5.74, 6) is 0.161. The molecule has 2 heterocycles. The summed E-state index contributed by atoms with van der Waals surface area (Å²) >= 11 is 5.88. The van der Waals surface area contributed by atoms with Gasteiger partial charge in [-0.2, -0.15) is 5.10 Å². The molecule has 1 amide bonds. The summed E-state index contributed by atoms with van der Waals surface area (Å²) < 4.78 is 0. The molecule has 14 heavy (non-hydrogen) atoms. The average molecular weight is 214 g/mol. The second-order valence-corrected chi connectivity index (χ2v) is 4.11. The van der Waals surface area contributed by atoms with Crippen molar-refractivity contribution in [3.8, 4) is 0 Å². The Morgan fingerprint density at radius 1 is 1.71 bits per heavy atom. The molecule has 4 nitrogen and oxygen atoms in total. The van der Waals surface area contributed by atoms with Gasteiger partial charge in [0.05, 0.1) is 11.6 Å². The predicted molar refractivity (Wildman–Crippen MR) is 53.1 cm³/mol. The van der Waals surface area contributed by atoms with Crippen molar-refractivity contribution in [2.45, 2.75) is 18.2 Å². The maximum absolute atomic E-state index is 11.4. The summed E-state index contributed by atoms with van der Waals surface area (Å²) in [6.45, 7) is 1.42. The Kier molecular flexibility index (Phi) is 2.72. The number of aromatic nitrogens is 2. The topological polar surface area (TPSA) is 49.0 Å². The maximum Gasteiger partial charge on any atom is 0.224 e. The van der Waals surface area contributed by atoms with Crippen molar-refractivity contribution in [3.05, 3.63) is 18.0 Å². The lowest BCUT2D eigenvalue weighted by atomic mass is 10.2. The number of amides is 1. The van der Waals surface area contributed by atoms with Crippen molar-refractivity contribution < 1.29 is 4.79 Å². The summed E-state index contributed by atoms with van der Waals surface area (Å²) in [4.78, 5) is 13.2. The quantitative estimate of drug-likeness (QED) is 0.755. The number of H-pyrrole nitrogens is 1. The minimum absolute atomic E-state index is 0.00755. The van der Waals surface area contributed by atoms with Gasteiger partial charge < -0.3 is 4.90 Å². The Morgan fingerprint density at radius 2 is 2.57 bits per heavy atom. The van der Waals surface area contributed by atoms with Crippen LogP contribution in [0.15, 0.2) is 12.4 Å². The molecule has 1 fully saturated rings. The van der Waals surface area contributed by atoms with Crippen LogP contribution in [0, 0.1) is 0 Å². The van der Waals surface area contributed by atoms with Gasteiger partial charge >= 0.3 is 0 Å². The van der Waals surface area contributed by atoms with E-state index >= 15 is 0 Å². The molecule has 1 saturated heterocycles. The van der Waals surface area contributed by atoms with E-state index in [0.717, 1.165) is 18.5 Å². The van der Waals surface area contributed by atoms with E-state index in [0.29, 0.717) is 13.0 Å². The van der Waals surface area contributed by atoms with E-state index in [9.17, 15) is 4.79 Å². The summed E-state index contributed by atoms with van der Waals surface area (Å²) in [6, 6.07) is 0. The zero-order chi connectivity index (χ0) is 9.97. The van der Waals surface area contributed by atoms with E-state index in [1.54, 1.807) is 6.20 Å². The summed E-state index contributed by atoms with van der Waals surface area (Å²) in [5.41, 5.74) is 1.12. The van der Waals surface area contributed by atoms with Gasteiger partial charge in [-0.3, -0.25) is 9.89 Å². The number of carbonyl (C=O) groups is 1. The fourth-order valence-corrected chi connectivity index (χ4v) is 1.92. The van der Waals surface area contributed by atoms with Crippen LogP contribution in [0.1, 0.15) is 12.0 Å². The van der Waals surface area contributed by atoms with Gasteiger partial charge in [0.1, 0.15) is 0 Å². The Morgan fingerprint density at radius 3 is 3.14 bits per heavy atom. The average Bonchev–Trinajstić information content (AvgIpc) is 2.72. The van der Waals surface area contributed by atoms with Gasteiger partial charge in [-0.25, -0.2) is 0 Å². The number of halogens is 1. The second kappa shape index (κ2) is 4.00. The fraction of sp³-hybridized carbons (Fsp3) is 0.556. The molecule has 0 spiro atoms. The molecule has 1 aromatic rings. The lowest BCUT2D eigenvalue weighted by molar-refractivity contribution is -0.127. The number of nitrogens with one attached hydrogen (secondary N) is 1. The number of likely N-dealkylation sites (tertiary alicyclic amines) is 1. The van der Waals surface area contributed by atoms with Gasteiger partial charge in [-0.05, 0) is 12.0 Å². The second-order valence-electron chi connectivity index (χ2n) is 3.50. The number of nitrogens with zero attached hydrogens (tertiary/aromatic N) is 2. The number of hydrogen-bond acceptors (Lipinski definition) is 2. The number of rotatable bonds is 3. The molecule has 0 aliphatic carbocycles. The van der Waals surface area contributed by atoms with Gasteiger partial charge in [0.2, 0.25) is 5.91 Å². The molecule has 1 unspecified atom stereocenters. The van der Waals surface area contributed by atoms with Crippen LogP contribution in [-0.4, -0.2) is 39.5 Å². The Hall–Kier alpha value is -1.03. The minimum Gasteiger partial charge on any atom is -0.341 e. The number of aromatic amines is 1. The standard InChI is InChI=1S/C9H12ClN3O/c10-8-3-9(14)13(6-8)2-1-7-4-11-12-5-7/h4-5,8H,1-3,6H2,(H,11,12). The van der Waals surface area contributed by atoms with Crippen LogP contribution in [0.25, 0.3) is 0 Å². The van der Waals surface area contributed by atoms with Crippen molar-refractivity contribution in [1.82, 2.24) is 15.1 Å². The molecular formula is C9H12ClN3O. The maximum atomic E-state index is 11.4. The molecule has 0 saturated carbocycles. The molecule has 1 atom stereocenters. The zero-order valence-electron chi connectivity index (χ0n) is 7.74. The van der Waals surface area contributed by atoms with E-state index in [4.69, 9.17) is 11.6 Å². The molecule has 1 N–H and O–H groups in total. The highest BCUT2D eigenvalue weighted by atomic mass is 35.5. The molecule has 1 aromatic heterocycles. The number of alkyl halides is 1. The minimum atomic E-state index is -0.00755. The van der Waals surface area contributed by atoms with Gasteiger partial charge in [-0.1, -0.05) is 0 Å². The molecule has 76 valence electrons. The van der Waals surface area contributed by atoms with Gasteiger partial charge in [-0.15, -0.1) is 11.6 Å². The molecule has 1 aliphatic rings. The number of hydrogen-bond donors (Lipinski definition) is 1. The zero-order valence-corrected chi connectivity index (χ0v) is 8.50. The molecule has 1 aliphatic heterocycles. The van der Waals surface area contributed by atoms with E-state index < -0.39 is 0 Å². The first-order chi connectivity index (χ1) is 6.75. The summed E-state index contributed by atoms with van der Waals surface area (Å²) in [7, 11) is 0. The highest BCUT2D eigenvalue weighted by molar-refractivity contribution is 6.22. The third-order valence-corrected chi connectivity index (χ3v) is 2.68. The van der Waals surface area contributed by atoms with Crippen molar-refractivity contribution >= 4 is 17.5 Å². The highest BCUT2D eigenvalue weighted by Crippen LogP contribution is 2.16. The van der Waals surface area contributed by atoms with Crippen molar-refractivity contribution in [2.75, 3.05) is 13.1 Å². The SMILES string of the molecule is O=C1CC(Cl)CN1CCc1cn[nH]c1. The molecule has 0 bridgehead atoms. The van der Waals surface area contributed by atoms with Gasteiger partial charge in [0.25, 0.3) is 0 Å². The van der Waals surface area contributed by atoms with Crippen molar-refractivity contribution in [3.63, 3.8) is 0 Å². The lowest BCUT2D eigenvalue weighted by Crippen LogP contribution is -2.27. The molecule has 0 radical (unpaired) electrons. The third-order valence-electron chi connectivity index (χ3n) is 2.39. The van der Waals surface area contributed by atoms with Crippen LogP contribution >= 0.6 is 11.6 Å².